The van der Waals surface area contributed by atoms with Crippen LogP contribution in [0.25, 0.3) is 0 Å². The van der Waals surface area contributed by atoms with E-state index in [0.717, 1.165) is 5.56 Å². The maximum Gasteiger partial charge on any atom is 0.339 e. The van der Waals surface area contributed by atoms with Crippen molar-refractivity contribution in [2.75, 3.05) is 7.11 Å². The zero-order valence-corrected chi connectivity index (χ0v) is 14.1. The van der Waals surface area contributed by atoms with Gasteiger partial charge in [-0.3, -0.25) is 0 Å². The molecule has 0 saturated heterocycles. The van der Waals surface area contributed by atoms with E-state index in [1.165, 1.54) is 7.11 Å². The predicted octanol–water partition coefficient (Wildman–Crippen LogP) is 2.18. The van der Waals surface area contributed by atoms with E-state index in [1.807, 2.05) is 30.3 Å². The van der Waals surface area contributed by atoms with Gasteiger partial charge in [-0.15, -0.1) is 0 Å². The predicted molar refractivity (Wildman–Crippen MR) is 84.2 cm³/mol. The molecule has 122 valence electrons. The molecule has 2 N–H and O–H groups in total. The first kappa shape index (κ1) is 18.2. The van der Waals surface area contributed by atoms with Gasteiger partial charge in [0.25, 0.3) is 0 Å². The van der Waals surface area contributed by atoms with Crippen molar-refractivity contribution in [2.24, 2.45) is 5.73 Å². The summed E-state index contributed by atoms with van der Waals surface area (Å²) in [6.45, 7) is 8.61. The molecule has 5 nitrogen and oxygen atoms in total. The second kappa shape index (κ2) is 6.08. The topological polar surface area (TPSA) is 78.6 Å². The Balaban J connectivity index is 3.39. The molecule has 1 rings (SSSR count). The highest BCUT2D eigenvalue weighted by Crippen LogP contribution is 2.36. The van der Waals surface area contributed by atoms with Crippen LogP contribution >= 0.6 is 0 Å². The summed E-state index contributed by atoms with van der Waals surface area (Å²) >= 11 is 0. The Hall–Kier alpha value is -1.88. The molecule has 1 unspecified atom stereocenters. The van der Waals surface area contributed by atoms with Crippen molar-refractivity contribution in [2.45, 2.75) is 51.2 Å². The van der Waals surface area contributed by atoms with Crippen LogP contribution in [0.1, 0.15) is 40.2 Å². The highest BCUT2D eigenvalue weighted by Gasteiger charge is 2.58. The third kappa shape index (κ3) is 3.30. The van der Waals surface area contributed by atoms with E-state index in [0.29, 0.717) is 0 Å². The Bertz CT molecular complexity index is 546. The normalized spacial score (nSPS) is 14.9. The molecule has 1 aromatic carbocycles. The van der Waals surface area contributed by atoms with Crippen LogP contribution in [0.3, 0.4) is 0 Å². The van der Waals surface area contributed by atoms with Crippen LogP contribution in [0.2, 0.25) is 0 Å². The van der Waals surface area contributed by atoms with Crippen molar-refractivity contribution < 1.29 is 19.1 Å². The fourth-order valence-electron chi connectivity index (χ4n) is 2.20. The molecule has 0 spiro atoms. The van der Waals surface area contributed by atoms with E-state index in [1.54, 1.807) is 34.6 Å². The van der Waals surface area contributed by atoms with Crippen LogP contribution in [-0.2, 0) is 24.5 Å². The number of esters is 2. The number of nitrogens with two attached hydrogens (primary N) is 1. The van der Waals surface area contributed by atoms with E-state index in [4.69, 9.17) is 15.2 Å². The lowest BCUT2D eigenvalue weighted by molar-refractivity contribution is -0.174. The van der Waals surface area contributed by atoms with Gasteiger partial charge >= 0.3 is 11.9 Å². The summed E-state index contributed by atoms with van der Waals surface area (Å²) in [5.41, 5.74) is 3.29. The SMILES string of the molecule is COC(=O)C(N)(C(=O)OC(C)(C)C)C(C)(C)c1ccccc1. The molecule has 0 amide bonds. The summed E-state index contributed by atoms with van der Waals surface area (Å²) in [6.07, 6.45) is 0. The molecule has 0 aliphatic rings. The van der Waals surface area contributed by atoms with Crippen LogP contribution in [0.4, 0.5) is 0 Å². The van der Waals surface area contributed by atoms with E-state index in [-0.39, 0.29) is 0 Å². The molecule has 0 fully saturated rings. The molecule has 0 radical (unpaired) electrons. The van der Waals surface area contributed by atoms with Crippen molar-refractivity contribution in [3.05, 3.63) is 35.9 Å². The van der Waals surface area contributed by atoms with Gasteiger partial charge in [-0.1, -0.05) is 44.2 Å². The molecule has 0 aliphatic heterocycles. The Morgan fingerprint density at radius 2 is 1.45 bits per heavy atom. The van der Waals surface area contributed by atoms with E-state index >= 15 is 0 Å². The molecule has 0 aliphatic carbocycles. The minimum absolute atomic E-state index is 0.744. The zero-order chi connectivity index (χ0) is 17.2. The van der Waals surface area contributed by atoms with Crippen molar-refractivity contribution in [3.8, 4) is 0 Å². The lowest BCUT2D eigenvalue weighted by atomic mass is 9.68. The van der Waals surface area contributed by atoms with Gasteiger partial charge in [0, 0.05) is 5.41 Å². The second-order valence-corrected chi connectivity index (χ2v) is 6.79. The highest BCUT2D eigenvalue weighted by atomic mass is 16.6. The van der Waals surface area contributed by atoms with Crippen molar-refractivity contribution >= 4 is 11.9 Å². The molecule has 22 heavy (non-hydrogen) atoms. The second-order valence-electron chi connectivity index (χ2n) is 6.79. The molecular weight excluding hydrogens is 282 g/mol. The number of rotatable bonds is 4. The van der Waals surface area contributed by atoms with Gasteiger partial charge in [-0.2, -0.15) is 0 Å². The number of methoxy groups -OCH3 is 1. The lowest BCUT2D eigenvalue weighted by Crippen LogP contribution is -2.67. The summed E-state index contributed by atoms with van der Waals surface area (Å²) in [5.74, 6) is -1.63. The van der Waals surface area contributed by atoms with Crippen LogP contribution < -0.4 is 5.73 Å². The summed E-state index contributed by atoms with van der Waals surface area (Å²) < 4.78 is 10.2. The fraction of sp³-hybridized carbons (Fsp3) is 0.529. The molecule has 1 aromatic rings. The minimum Gasteiger partial charge on any atom is -0.467 e. The number of hydrogen-bond acceptors (Lipinski definition) is 5. The van der Waals surface area contributed by atoms with Gasteiger partial charge in [-0.05, 0) is 26.3 Å². The lowest BCUT2D eigenvalue weighted by Gasteiger charge is -2.40. The van der Waals surface area contributed by atoms with Crippen molar-refractivity contribution in [1.82, 2.24) is 0 Å². The highest BCUT2D eigenvalue weighted by molar-refractivity contribution is 6.06. The molecular formula is C17H25NO4. The number of carbonyl (C=O) groups is 2. The Labute approximate surface area is 131 Å². The fourth-order valence-corrected chi connectivity index (χ4v) is 2.20. The first-order valence-corrected chi connectivity index (χ1v) is 7.13. The van der Waals surface area contributed by atoms with Crippen LogP contribution in [-0.4, -0.2) is 30.2 Å². The molecule has 1 atom stereocenters. The van der Waals surface area contributed by atoms with Gasteiger partial charge < -0.3 is 15.2 Å². The van der Waals surface area contributed by atoms with E-state index in [9.17, 15) is 9.59 Å². The number of benzene rings is 1. The summed E-state index contributed by atoms with van der Waals surface area (Å²) in [7, 11) is 1.20. The van der Waals surface area contributed by atoms with Crippen LogP contribution in [0.15, 0.2) is 30.3 Å². The summed E-state index contributed by atoms with van der Waals surface area (Å²) in [4.78, 5) is 25.0. The third-order valence-electron chi connectivity index (χ3n) is 3.71. The van der Waals surface area contributed by atoms with Gasteiger partial charge in [0.15, 0.2) is 0 Å². The first-order chi connectivity index (χ1) is 9.96. The maximum absolute atomic E-state index is 12.7. The molecule has 0 heterocycles. The summed E-state index contributed by atoms with van der Waals surface area (Å²) in [6, 6.07) is 9.13. The molecule has 5 heteroatoms. The monoisotopic (exact) mass is 307 g/mol. The third-order valence-corrected chi connectivity index (χ3v) is 3.71. The van der Waals surface area contributed by atoms with Gasteiger partial charge in [0.05, 0.1) is 7.11 Å². The Morgan fingerprint density at radius 1 is 0.955 bits per heavy atom. The summed E-state index contributed by atoms with van der Waals surface area (Å²) in [5, 5.41) is 0. The van der Waals surface area contributed by atoms with Crippen molar-refractivity contribution in [3.63, 3.8) is 0 Å². The average Bonchev–Trinajstić information content (AvgIpc) is 2.44. The maximum atomic E-state index is 12.7. The van der Waals surface area contributed by atoms with Crippen molar-refractivity contribution in [1.29, 1.82) is 0 Å². The standard InChI is InChI=1S/C17H25NO4/c1-15(2,3)22-14(20)17(18,13(19)21-6)16(4,5)12-10-8-7-9-11-12/h7-11H,18H2,1-6H3. The van der Waals surface area contributed by atoms with Crippen LogP contribution in [0, 0.1) is 0 Å². The number of ether oxygens (including phenoxy) is 2. The van der Waals surface area contributed by atoms with E-state index < -0.39 is 28.5 Å². The van der Waals surface area contributed by atoms with Gasteiger partial charge in [0.1, 0.15) is 5.60 Å². The largest absolute Gasteiger partial charge is 0.467 e. The Kier molecular flexibility index (Phi) is 5.03. The smallest absolute Gasteiger partial charge is 0.339 e. The molecule has 0 bridgehead atoms. The minimum atomic E-state index is -1.95. The van der Waals surface area contributed by atoms with E-state index in [2.05, 4.69) is 0 Å². The van der Waals surface area contributed by atoms with Crippen LogP contribution in [0.5, 0.6) is 0 Å². The first-order valence-electron chi connectivity index (χ1n) is 7.13. The quantitative estimate of drug-likeness (QED) is 0.681. The number of hydrogen-bond donors (Lipinski definition) is 1. The molecule has 0 aromatic heterocycles. The number of carbonyl (C=O) groups excluding carboxylic acids is 2. The zero-order valence-electron chi connectivity index (χ0n) is 14.1. The average molecular weight is 307 g/mol. The molecule has 0 saturated carbocycles. The van der Waals surface area contributed by atoms with Gasteiger partial charge in [-0.25, -0.2) is 9.59 Å². The Morgan fingerprint density at radius 3 is 1.86 bits per heavy atom. The van der Waals surface area contributed by atoms with Gasteiger partial charge in [0.2, 0.25) is 5.54 Å².